The Bertz CT molecular complexity index is 1060. The summed E-state index contributed by atoms with van der Waals surface area (Å²) in [6, 6.07) is 0. The molecule has 1 amide bonds. The number of hydrogen-bond donors (Lipinski definition) is 0. The van der Waals surface area contributed by atoms with Crippen molar-refractivity contribution in [3.05, 3.63) is 32.7 Å². The van der Waals surface area contributed by atoms with Gasteiger partial charge in [0.2, 0.25) is 5.91 Å². The molecule has 0 bridgehead atoms. The first kappa shape index (κ1) is 25.3. The summed E-state index contributed by atoms with van der Waals surface area (Å²) in [6.07, 6.45) is 1.16. The van der Waals surface area contributed by atoms with Crippen molar-refractivity contribution in [2.24, 2.45) is 5.92 Å². The number of nitrogens with zero attached hydrogens (tertiary/aromatic N) is 1. The van der Waals surface area contributed by atoms with Gasteiger partial charge < -0.3 is 22.7 Å². The van der Waals surface area contributed by atoms with Gasteiger partial charge in [-0.1, -0.05) is 32.5 Å². The second-order valence-electron chi connectivity index (χ2n) is 10.5. The highest BCUT2D eigenvalue weighted by Gasteiger charge is 2.60. The smallest absolute Gasteiger partial charge is 0.453 e. The summed E-state index contributed by atoms with van der Waals surface area (Å²) in [7, 11) is -2.08. The quantitative estimate of drug-likeness (QED) is 0.306. The summed E-state index contributed by atoms with van der Waals surface area (Å²) >= 11 is 1.50. The van der Waals surface area contributed by atoms with Gasteiger partial charge in [-0.2, -0.15) is 0 Å². The maximum absolute atomic E-state index is 13.3. The maximum Gasteiger partial charge on any atom is 0.519 e. The van der Waals surface area contributed by atoms with Crippen molar-refractivity contribution in [3.8, 4) is 0 Å². The van der Waals surface area contributed by atoms with Gasteiger partial charge in [0.05, 0.1) is 18.1 Å². The Kier molecular flexibility index (Phi) is 6.69. The number of hydrogen-bond acceptors (Lipinski definition) is 9. The van der Waals surface area contributed by atoms with Gasteiger partial charge in [-0.05, 0) is 44.8 Å². The summed E-state index contributed by atoms with van der Waals surface area (Å²) in [5, 5.41) is -0.213. The minimum atomic E-state index is -2.08. The van der Waals surface area contributed by atoms with Crippen LogP contribution >= 0.6 is 11.8 Å². The zero-order chi connectivity index (χ0) is 25.0. The van der Waals surface area contributed by atoms with Gasteiger partial charge in [0.1, 0.15) is 11.1 Å². The molecule has 188 valence electrons. The summed E-state index contributed by atoms with van der Waals surface area (Å²) in [6.45, 7) is 14.7. The molecule has 0 aromatic carbocycles. The lowest BCUT2D eigenvalue weighted by molar-refractivity contribution is -0.158. The molecule has 2 fully saturated rings. The molecular weight excluding hydrogens is 478 g/mol. The van der Waals surface area contributed by atoms with Crippen molar-refractivity contribution < 1.29 is 32.3 Å². The van der Waals surface area contributed by atoms with Crippen molar-refractivity contribution >= 4 is 32.0 Å². The van der Waals surface area contributed by atoms with E-state index in [4.69, 9.17) is 22.7 Å². The molecule has 0 unspecified atom stereocenters. The number of carbonyl (C=O) groups is 2. The summed E-state index contributed by atoms with van der Waals surface area (Å²) in [4.78, 5) is 40.0. The average molecular weight is 512 g/mol. The fourth-order valence-electron chi connectivity index (χ4n) is 4.22. The van der Waals surface area contributed by atoms with Crippen LogP contribution in [0, 0.1) is 12.8 Å². The monoisotopic (exact) mass is 511 g/mol. The molecule has 0 aliphatic carbocycles. The number of thioether (sulfide) groups is 1. The minimum absolute atomic E-state index is 0.0207. The first-order chi connectivity index (χ1) is 15.8. The fourth-order valence-corrected chi connectivity index (χ4v) is 7.34. The van der Waals surface area contributed by atoms with Gasteiger partial charge in [-0.3, -0.25) is 9.69 Å². The zero-order valence-electron chi connectivity index (χ0n) is 20.8. The molecule has 3 aliphatic heterocycles. The van der Waals surface area contributed by atoms with Gasteiger partial charge in [0.15, 0.2) is 26.4 Å². The van der Waals surface area contributed by atoms with Gasteiger partial charge in [0.25, 0.3) is 0 Å². The third-order valence-electron chi connectivity index (χ3n) is 7.18. The summed E-state index contributed by atoms with van der Waals surface area (Å²) < 4.78 is 27.6. The number of esters is 1. The predicted molar refractivity (Wildman–Crippen MR) is 127 cm³/mol. The Balaban J connectivity index is 1.53. The van der Waals surface area contributed by atoms with Crippen LogP contribution in [0.5, 0.6) is 0 Å². The van der Waals surface area contributed by atoms with Crippen LogP contribution in [0.2, 0.25) is 18.1 Å². The predicted octanol–water partition coefficient (Wildman–Crippen LogP) is 3.92. The van der Waals surface area contributed by atoms with Crippen molar-refractivity contribution in [2.75, 3.05) is 6.61 Å². The van der Waals surface area contributed by atoms with E-state index in [2.05, 4.69) is 33.9 Å². The number of β-lactam (4-membered cyclic amide) rings is 1. The van der Waals surface area contributed by atoms with Crippen LogP contribution in [-0.2, 0) is 30.1 Å². The van der Waals surface area contributed by atoms with Crippen LogP contribution in [0.15, 0.2) is 24.2 Å². The molecule has 0 N–H and O–H groups in total. The first-order valence-corrected chi connectivity index (χ1v) is 15.4. The zero-order valence-corrected chi connectivity index (χ0v) is 22.6. The van der Waals surface area contributed by atoms with Gasteiger partial charge in [0, 0.05) is 11.5 Å². The number of carbonyl (C=O) groups excluding carboxylic acids is 2. The second-order valence-corrected chi connectivity index (χ2v) is 16.5. The van der Waals surface area contributed by atoms with Crippen LogP contribution in [0.25, 0.3) is 0 Å². The highest BCUT2D eigenvalue weighted by atomic mass is 32.2. The van der Waals surface area contributed by atoms with Crippen LogP contribution in [-0.4, -0.2) is 49.3 Å². The Morgan fingerprint density at radius 1 is 1.26 bits per heavy atom. The lowest BCUT2D eigenvalue weighted by Crippen LogP contribution is -2.62. The normalized spacial score (nSPS) is 26.0. The number of ether oxygens (including phenoxy) is 2. The summed E-state index contributed by atoms with van der Waals surface area (Å²) in [5.74, 6) is -1.60. The molecule has 4 heterocycles. The lowest BCUT2D eigenvalue weighted by atomic mass is 9.92. The molecule has 1 aromatic rings. The van der Waals surface area contributed by atoms with E-state index in [1.807, 2.05) is 6.92 Å². The van der Waals surface area contributed by atoms with E-state index in [1.54, 1.807) is 6.92 Å². The first-order valence-electron chi connectivity index (χ1n) is 11.6. The number of rotatable bonds is 7. The third kappa shape index (κ3) is 4.43. The van der Waals surface area contributed by atoms with E-state index >= 15 is 0 Å². The third-order valence-corrected chi connectivity index (χ3v) is 13.2. The summed E-state index contributed by atoms with van der Waals surface area (Å²) in [5.41, 5.74) is 0.228. The van der Waals surface area contributed by atoms with E-state index in [1.165, 1.54) is 16.7 Å². The van der Waals surface area contributed by atoms with E-state index < -0.39 is 20.1 Å². The number of amides is 1. The minimum Gasteiger partial charge on any atom is -0.453 e. The van der Waals surface area contributed by atoms with E-state index in [9.17, 15) is 14.4 Å². The molecule has 4 rings (SSSR count). The van der Waals surface area contributed by atoms with Gasteiger partial charge >= 0.3 is 11.8 Å². The van der Waals surface area contributed by atoms with Crippen molar-refractivity contribution in [2.45, 2.75) is 89.8 Å². The Hall–Kier alpha value is -1.82. The van der Waals surface area contributed by atoms with Crippen LogP contribution in [0.1, 0.15) is 52.1 Å². The Morgan fingerprint density at radius 2 is 1.97 bits per heavy atom. The Labute approximate surface area is 204 Å². The molecular formula is C23H33NO8SSi. The molecule has 0 radical (unpaired) electrons. The molecule has 3 aliphatic rings. The number of aryl methyl sites for hydroxylation is 1. The van der Waals surface area contributed by atoms with E-state index in [-0.39, 0.29) is 58.3 Å². The van der Waals surface area contributed by atoms with Crippen LogP contribution in [0.4, 0.5) is 0 Å². The maximum atomic E-state index is 13.3. The molecule has 1 aromatic heterocycles. The SMILES string of the molecule is Cc1oc(=O)oc1COC(=O)C1=C([C@H]2CCCO2)S[C@@H]2[C@@H]([C@@H](C)O[Si](C)(C)C(C)(C)C)C(=O)N12. The molecule has 34 heavy (non-hydrogen) atoms. The fraction of sp³-hybridized carbons (Fsp3) is 0.696. The van der Waals surface area contributed by atoms with Crippen molar-refractivity contribution in [3.63, 3.8) is 0 Å². The van der Waals surface area contributed by atoms with Gasteiger partial charge in [-0.15, -0.1) is 0 Å². The van der Waals surface area contributed by atoms with Crippen LogP contribution < -0.4 is 5.82 Å². The molecule has 0 saturated carbocycles. The lowest BCUT2D eigenvalue weighted by Gasteiger charge is -2.48. The van der Waals surface area contributed by atoms with Gasteiger partial charge in [-0.25, -0.2) is 9.59 Å². The molecule has 11 heteroatoms. The van der Waals surface area contributed by atoms with Crippen molar-refractivity contribution in [1.29, 1.82) is 0 Å². The highest BCUT2D eigenvalue weighted by molar-refractivity contribution is 8.04. The molecule has 9 nitrogen and oxygen atoms in total. The Morgan fingerprint density at radius 3 is 2.53 bits per heavy atom. The molecule has 4 atom stereocenters. The van der Waals surface area contributed by atoms with E-state index in [0.29, 0.717) is 6.61 Å². The number of fused-ring (bicyclic) bond motifs is 1. The van der Waals surface area contributed by atoms with Crippen LogP contribution in [0.3, 0.4) is 0 Å². The average Bonchev–Trinajstić information content (AvgIpc) is 3.42. The largest absolute Gasteiger partial charge is 0.519 e. The van der Waals surface area contributed by atoms with E-state index in [0.717, 1.165) is 17.7 Å². The standard InChI is InChI=1S/C23H33NO8SSi/c1-12-15(31-22(27)30-12)11-29-21(26)17-18(14-9-8-10-28-14)33-20-16(19(25)24(17)20)13(2)32-34(6,7)23(3,4)5/h13-14,16,20H,8-11H2,1-7H3/t13-,14-,16+,20-/m1/s1. The molecule has 0 spiro atoms. The topological polar surface area (TPSA) is 108 Å². The highest BCUT2D eigenvalue weighted by Crippen LogP contribution is 2.54. The molecule has 2 saturated heterocycles. The second kappa shape index (κ2) is 9.00. The van der Waals surface area contributed by atoms with Crippen molar-refractivity contribution in [1.82, 2.24) is 4.90 Å².